The molecule has 138 valence electrons. The van der Waals surface area contributed by atoms with Crippen molar-refractivity contribution in [2.75, 3.05) is 36.4 Å². The number of hydrogen-bond donors (Lipinski definition) is 1. The van der Waals surface area contributed by atoms with Gasteiger partial charge in [-0.3, -0.25) is 9.69 Å². The lowest BCUT2D eigenvalue weighted by atomic mass is 10.2. The van der Waals surface area contributed by atoms with Gasteiger partial charge in [-0.1, -0.05) is 23.2 Å². The third-order valence-corrected chi connectivity index (χ3v) is 5.18. The molecule has 1 amide bonds. The van der Waals surface area contributed by atoms with Crippen LogP contribution >= 0.6 is 23.2 Å². The number of amides is 1. The van der Waals surface area contributed by atoms with Crippen LogP contribution in [0.5, 0.6) is 0 Å². The Bertz CT molecular complexity index is 777. The van der Waals surface area contributed by atoms with Crippen LogP contribution in [0.2, 0.25) is 10.0 Å². The van der Waals surface area contributed by atoms with Crippen LogP contribution in [-0.4, -0.2) is 43.0 Å². The van der Waals surface area contributed by atoms with Crippen LogP contribution in [0.4, 0.5) is 15.8 Å². The van der Waals surface area contributed by atoms with Crippen LogP contribution in [0.15, 0.2) is 42.5 Å². The van der Waals surface area contributed by atoms with Gasteiger partial charge in [-0.2, -0.15) is 0 Å². The Morgan fingerprint density at radius 1 is 1.08 bits per heavy atom. The lowest BCUT2D eigenvalue weighted by Crippen LogP contribution is -2.52. The molecule has 26 heavy (non-hydrogen) atoms. The molecule has 2 aromatic rings. The van der Waals surface area contributed by atoms with E-state index in [9.17, 15) is 9.18 Å². The van der Waals surface area contributed by atoms with Crippen LogP contribution in [0.1, 0.15) is 6.92 Å². The van der Waals surface area contributed by atoms with Crippen molar-refractivity contribution in [2.45, 2.75) is 13.0 Å². The summed E-state index contributed by atoms with van der Waals surface area (Å²) in [6.45, 7) is 4.92. The minimum absolute atomic E-state index is 0.121. The maximum Gasteiger partial charge on any atom is 0.241 e. The molecule has 1 saturated heterocycles. The van der Waals surface area contributed by atoms with E-state index in [-0.39, 0.29) is 17.8 Å². The number of hydrogen-bond acceptors (Lipinski definition) is 3. The molecule has 1 atom stereocenters. The highest BCUT2D eigenvalue weighted by Crippen LogP contribution is 2.26. The molecule has 0 saturated carbocycles. The number of carbonyl (C=O) groups excluding carboxylic acids is 1. The van der Waals surface area contributed by atoms with Gasteiger partial charge in [0.05, 0.1) is 16.8 Å². The average molecular weight is 396 g/mol. The standard InChI is InChI=1S/C19H20Cl2FN3O/c1-13(19(26)23-18-12-14(20)2-7-17(18)21)24-8-10-25(11-9-24)16-5-3-15(22)4-6-16/h2-7,12-13H,8-11H2,1H3,(H,23,26). The summed E-state index contributed by atoms with van der Waals surface area (Å²) in [5.74, 6) is -0.359. The van der Waals surface area contributed by atoms with Gasteiger partial charge >= 0.3 is 0 Å². The zero-order chi connectivity index (χ0) is 18.7. The first-order valence-corrected chi connectivity index (χ1v) is 9.20. The Hall–Kier alpha value is -1.82. The number of halogens is 3. The average Bonchev–Trinajstić information content (AvgIpc) is 2.65. The molecule has 7 heteroatoms. The Morgan fingerprint density at radius 2 is 1.73 bits per heavy atom. The SMILES string of the molecule is CC(C(=O)Nc1cc(Cl)ccc1Cl)N1CCN(c2ccc(F)cc2)CC1. The summed E-state index contributed by atoms with van der Waals surface area (Å²) in [6, 6.07) is 11.2. The Balaban J connectivity index is 1.57. The predicted octanol–water partition coefficient (Wildman–Crippen LogP) is 4.28. The van der Waals surface area contributed by atoms with Crippen molar-refractivity contribution in [3.8, 4) is 0 Å². The second-order valence-electron chi connectivity index (χ2n) is 6.29. The molecule has 4 nitrogen and oxygen atoms in total. The van der Waals surface area contributed by atoms with E-state index in [0.29, 0.717) is 15.7 Å². The first kappa shape index (κ1) is 19.0. The summed E-state index contributed by atoms with van der Waals surface area (Å²) in [5, 5.41) is 3.82. The van der Waals surface area contributed by atoms with Crippen molar-refractivity contribution < 1.29 is 9.18 Å². The van der Waals surface area contributed by atoms with Gasteiger partial charge in [0, 0.05) is 36.9 Å². The van der Waals surface area contributed by atoms with E-state index in [4.69, 9.17) is 23.2 Å². The number of nitrogens with zero attached hydrogens (tertiary/aromatic N) is 2. The van der Waals surface area contributed by atoms with Crippen LogP contribution in [0.25, 0.3) is 0 Å². The summed E-state index contributed by atoms with van der Waals surface area (Å²) in [6.07, 6.45) is 0. The number of rotatable bonds is 4. The molecular formula is C19H20Cl2FN3O. The van der Waals surface area contributed by atoms with Crippen LogP contribution in [0, 0.1) is 5.82 Å². The smallest absolute Gasteiger partial charge is 0.241 e. The molecule has 1 aliphatic rings. The van der Waals surface area contributed by atoms with Gasteiger partial charge in [-0.25, -0.2) is 4.39 Å². The van der Waals surface area contributed by atoms with Crippen molar-refractivity contribution in [3.05, 3.63) is 58.3 Å². The van der Waals surface area contributed by atoms with Crippen molar-refractivity contribution in [3.63, 3.8) is 0 Å². The van der Waals surface area contributed by atoms with Crippen molar-refractivity contribution in [2.24, 2.45) is 0 Å². The maximum atomic E-state index is 13.1. The van der Waals surface area contributed by atoms with E-state index in [1.165, 1.54) is 12.1 Å². The molecule has 0 spiro atoms. The molecule has 3 rings (SSSR count). The zero-order valence-electron chi connectivity index (χ0n) is 14.4. The normalized spacial score (nSPS) is 16.4. The first-order valence-electron chi connectivity index (χ1n) is 8.44. The fraction of sp³-hybridized carbons (Fsp3) is 0.316. The van der Waals surface area contributed by atoms with Gasteiger partial charge in [0.1, 0.15) is 5.82 Å². The predicted molar refractivity (Wildman–Crippen MR) is 105 cm³/mol. The monoisotopic (exact) mass is 395 g/mol. The molecule has 0 aromatic heterocycles. The summed E-state index contributed by atoms with van der Waals surface area (Å²) in [7, 11) is 0. The van der Waals surface area contributed by atoms with E-state index in [1.807, 2.05) is 6.92 Å². The number of anilines is 2. The molecule has 0 aliphatic carbocycles. The lowest BCUT2D eigenvalue weighted by Gasteiger charge is -2.38. The lowest BCUT2D eigenvalue weighted by molar-refractivity contribution is -0.120. The topological polar surface area (TPSA) is 35.6 Å². The maximum absolute atomic E-state index is 13.1. The number of carbonyl (C=O) groups is 1. The third-order valence-electron chi connectivity index (χ3n) is 4.62. The molecule has 1 N–H and O–H groups in total. The van der Waals surface area contributed by atoms with Gasteiger partial charge in [0.2, 0.25) is 5.91 Å². The largest absolute Gasteiger partial charge is 0.369 e. The highest BCUT2D eigenvalue weighted by Gasteiger charge is 2.26. The number of nitrogens with one attached hydrogen (secondary N) is 1. The van der Waals surface area contributed by atoms with Gasteiger partial charge in [-0.05, 0) is 49.4 Å². The van der Waals surface area contributed by atoms with E-state index < -0.39 is 0 Å². The fourth-order valence-corrected chi connectivity index (χ4v) is 3.35. The molecule has 0 radical (unpaired) electrons. The summed E-state index contributed by atoms with van der Waals surface area (Å²) in [5.41, 5.74) is 1.51. The molecule has 2 aromatic carbocycles. The molecule has 1 aliphatic heterocycles. The van der Waals surface area contributed by atoms with Crippen LogP contribution < -0.4 is 10.2 Å². The van der Waals surface area contributed by atoms with Gasteiger partial charge in [0.15, 0.2) is 0 Å². The molecule has 1 fully saturated rings. The van der Waals surface area contributed by atoms with E-state index >= 15 is 0 Å². The van der Waals surface area contributed by atoms with Crippen LogP contribution in [-0.2, 0) is 4.79 Å². The highest BCUT2D eigenvalue weighted by atomic mass is 35.5. The Labute approximate surface area is 162 Å². The molecular weight excluding hydrogens is 376 g/mol. The molecule has 1 unspecified atom stereocenters. The second kappa shape index (κ2) is 8.25. The van der Waals surface area contributed by atoms with E-state index in [0.717, 1.165) is 31.9 Å². The van der Waals surface area contributed by atoms with E-state index in [2.05, 4.69) is 15.1 Å². The minimum Gasteiger partial charge on any atom is -0.369 e. The Kier molecular flexibility index (Phi) is 6.01. The number of benzene rings is 2. The van der Waals surface area contributed by atoms with Crippen molar-refractivity contribution in [1.29, 1.82) is 0 Å². The summed E-state index contributed by atoms with van der Waals surface area (Å²) >= 11 is 12.1. The second-order valence-corrected chi connectivity index (χ2v) is 7.13. The van der Waals surface area contributed by atoms with Gasteiger partial charge < -0.3 is 10.2 Å². The molecule has 0 bridgehead atoms. The number of piperazine rings is 1. The minimum atomic E-state index is -0.291. The summed E-state index contributed by atoms with van der Waals surface area (Å²) < 4.78 is 13.1. The van der Waals surface area contributed by atoms with Crippen molar-refractivity contribution in [1.82, 2.24) is 4.90 Å². The van der Waals surface area contributed by atoms with Crippen molar-refractivity contribution >= 4 is 40.5 Å². The fourth-order valence-electron chi connectivity index (χ4n) is 3.02. The zero-order valence-corrected chi connectivity index (χ0v) is 15.9. The highest BCUT2D eigenvalue weighted by molar-refractivity contribution is 6.35. The first-order chi connectivity index (χ1) is 12.4. The van der Waals surface area contributed by atoms with E-state index in [1.54, 1.807) is 30.3 Å². The van der Waals surface area contributed by atoms with Gasteiger partial charge in [0.25, 0.3) is 0 Å². The third kappa shape index (κ3) is 4.47. The van der Waals surface area contributed by atoms with Gasteiger partial charge in [-0.15, -0.1) is 0 Å². The Morgan fingerprint density at radius 3 is 2.38 bits per heavy atom. The van der Waals surface area contributed by atoms with Crippen LogP contribution in [0.3, 0.4) is 0 Å². The quantitative estimate of drug-likeness (QED) is 0.838. The molecule has 1 heterocycles. The summed E-state index contributed by atoms with van der Waals surface area (Å²) in [4.78, 5) is 16.9.